The van der Waals surface area contributed by atoms with Crippen molar-refractivity contribution in [2.45, 2.75) is 39.0 Å². The van der Waals surface area contributed by atoms with Crippen LogP contribution in [0.5, 0.6) is 0 Å². The monoisotopic (exact) mass is 338 g/mol. The van der Waals surface area contributed by atoms with Crippen LogP contribution in [-0.4, -0.2) is 60.2 Å². The van der Waals surface area contributed by atoms with Gasteiger partial charge in [0, 0.05) is 39.1 Å². The van der Waals surface area contributed by atoms with Crippen molar-refractivity contribution >= 4 is 11.8 Å². The van der Waals surface area contributed by atoms with Crippen LogP contribution < -0.4 is 5.32 Å². The highest BCUT2D eigenvalue weighted by molar-refractivity contribution is 5.81. The molecular formula is C16H26N4O4. The molecule has 1 unspecified atom stereocenters. The average molecular weight is 338 g/mol. The van der Waals surface area contributed by atoms with Gasteiger partial charge in [0.2, 0.25) is 17.7 Å². The Bertz CT molecular complexity index is 558. The number of aromatic nitrogens is 2. The highest BCUT2D eigenvalue weighted by Crippen LogP contribution is 2.17. The van der Waals surface area contributed by atoms with E-state index in [-0.39, 0.29) is 30.3 Å². The summed E-state index contributed by atoms with van der Waals surface area (Å²) in [5.41, 5.74) is 0. The molecule has 1 saturated heterocycles. The van der Waals surface area contributed by atoms with E-state index >= 15 is 0 Å². The fourth-order valence-corrected chi connectivity index (χ4v) is 2.67. The van der Waals surface area contributed by atoms with Crippen LogP contribution in [0.15, 0.2) is 4.52 Å². The van der Waals surface area contributed by atoms with E-state index in [0.717, 1.165) is 12.8 Å². The van der Waals surface area contributed by atoms with Gasteiger partial charge in [0.25, 0.3) is 0 Å². The average Bonchev–Trinajstić information content (AvgIpc) is 3.04. The first-order chi connectivity index (χ1) is 11.5. The van der Waals surface area contributed by atoms with Crippen LogP contribution in [0.25, 0.3) is 0 Å². The third-order valence-electron chi connectivity index (χ3n) is 4.05. The Morgan fingerprint density at radius 3 is 2.92 bits per heavy atom. The van der Waals surface area contributed by atoms with Crippen LogP contribution in [-0.2, 0) is 20.7 Å². The van der Waals surface area contributed by atoms with Gasteiger partial charge in [-0.15, -0.1) is 0 Å². The van der Waals surface area contributed by atoms with Crippen LogP contribution in [0.1, 0.15) is 44.3 Å². The fourth-order valence-electron chi connectivity index (χ4n) is 2.67. The first kappa shape index (κ1) is 18.4. The highest BCUT2D eigenvalue weighted by atomic mass is 16.5. The molecule has 1 aromatic rings. The van der Waals surface area contributed by atoms with Gasteiger partial charge < -0.3 is 19.5 Å². The summed E-state index contributed by atoms with van der Waals surface area (Å²) in [5, 5.41) is 6.79. The van der Waals surface area contributed by atoms with E-state index in [4.69, 9.17) is 9.26 Å². The van der Waals surface area contributed by atoms with Gasteiger partial charge in [0.15, 0.2) is 5.82 Å². The van der Waals surface area contributed by atoms with Gasteiger partial charge in [0.1, 0.15) is 6.61 Å². The first-order valence-electron chi connectivity index (χ1n) is 8.38. The maximum Gasteiger partial charge on any atom is 0.248 e. The second-order valence-electron chi connectivity index (χ2n) is 6.35. The van der Waals surface area contributed by atoms with Crippen molar-refractivity contribution in [1.82, 2.24) is 20.4 Å². The highest BCUT2D eigenvalue weighted by Gasteiger charge is 2.28. The minimum atomic E-state index is -0.173. The van der Waals surface area contributed by atoms with Gasteiger partial charge in [-0.05, 0) is 12.8 Å². The molecular weight excluding hydrogens is 312 g/mol. The van der Waals surface area contributed by atoms with E-state index in [1.807, 2.05) is 13.8 Å². The Hall–Kier alpha value is -1.96. The standard InChI is InChI=1S/C16H26N4O4/c1-11(2)15-18-13(24-19-15)6-7-17-16(22)12-5-4-8-20(9-12)14(21)10-23-3/h11-12H,4-10H2,1-3H3,(H,17,22). The number of nitrogens with one attached hydrogen (secondary N) is 1. The molecule has 0 bridgehead atoms. The number of ether oxygens (including phenoxy) is 1. The van der Waals surface area contributed by atoms with Gasteiger partial charge in [-0.25, -0.2) is 0 Å². The molecule has 1 atom stereocenters. The van der Waals surface area contributed by atoms with Crippen molar-refractivity contribution in [1.29, 1.82) is 0 Å². The van der Waals surface area contributed by atoms with E-state index in [0.29, 0.717) is 37.8 Å². The van der Waals surface area contributed by atoms with Crippen molar-refractivity contribution in [3.63, 3.8) is 0 Å². The minimum Gasteiger partial charge on any atom is -0.375 e. The number of carbonyl (C=O) groups excluding carboxylic acids is 2. The molecule has 0 aliphatic carbocycles. The molecule has 134 valence electrons. The third-order valence-corrected chi connectivity index (χ3v) is 4.05. The predicted molar refractivity (Wildman–Crippen MR) is 86.3 cm³/mol. The summed E-state index contributed by atoms with van der Waals surface area (Å²) >= 11 is 0. The molecule has 1 aromatic heterocycles. The van der Waals surface area contributed by atoms with Gasteiger partial charge in [0.05, 0.1) is 5.92 Å². The van der Waals surface area contributed by atoms with E-state index in [1.54, 1.807) is 4.90 Å². The molecule has 8 heteroatoms. The van der Waals surface area contributed by atoms with Crippen LogP contribution in [0.2, 0.25) is 0 Å². The van der Waals surface area contributed by atoms with Crippen molar-refractivity contribution in [3.05, 3.63) is 11.7 Å². The molecule has 0 radical (unpaired) electrons. The lowest BCUT2D eigenvalue weighted by Crippen LogP contribution is -2.46. The second kappa shape index (κ2) is 8.77. The van der Waals surface area contributed by atoms with Crippen molar-refractivity contribution in [3.8, 4) is 0 Å². The lowest BCUT2D eigenvalue weighted by Gasteiger charge is -2.31. The number of methoxy groups -OCH3 is 1. The Morgan fingerprint density at radius 1 is 1.46 bits per heavy atom. The number of hydrogen-bond acceptors (Lipinski definition) is 6. The van der Waals surface area contributed by atoms with Gasteiger partial charge >= 0.3 is 0 Å². The summed E-state index contributed by atoms with van der Waals surface area (Å²) < 4.78 is 10.0. The minimum absolute atomic E-state index is 0.0338. The van der Waals surface area contributed by atoms with E-state index in [2.05, 4.69) is 15.5 Å². The third kappa shape index (κ3) is 5.02. The van der Waals surface area contributed by atoms with Gasteiger partial charge in [-0.1, -0.05) is 19.0 Å². The quantitative estimate of drug-likeness (QED) is 0.787. The maximum atomic E-state index is 12.3. The Labute approximate surface area is 141 Å². The molecule has 2 amide bonds. The first-order valence-corrected chi connectivity index (χ1v) is 8.38. The molecule has 1 fully saturated rings. The molecule has 1 N–H and O–H groups in total. The Kier molecular flexibility index (Phi) is 6.72. The molecule has 2 rings (SSSR count). The van der Waals surface area contributed by atoms with Crippen LogP contribution in [0, 0.1) is 5.92 Å². The molecule has 24 heavy (non-hydrogen) atoms. The van der Waals surface area contributed by atoms with Crippen LogP contribution >= 0.6 is 0 Å². The van der Waals surface area contributed by atoms with Crippen molar-refractivity contribution in [2.24, 2.45) is 5.92 Å². The van der Waals surface area contributed by atoms with E-state index in [1.165, 1.54) is 7.11 Å². The Balaban J connectivity index is 1.76. The normalized spacial score (nSPS) is 18.0. The van der Waals surface area contributed by atoms with E-state index < -0.39 is 0 Å². The molecule has 2 heterocycles. The van der Waals surface area contributed by atoms with Gasteiger partial charge in [-0.2, -0.15) is 4.98 Å². The molecule has 1 aliphatic heterocycles. The molecule has 0 saturated carbocycles. The lowest BCUT2D eigenvalue weighted by molar-refractivity contribution is -0.138. The van der Waals surface area contributed by atoms with Crippen molar-refractivity contribution in [2.75, 3.05) is 33.4 Å². The zero-order valence-electron chi connectivity index (χ0n) is 14.6. The molecule has 1 aliphatic rings. The number of likely N-dealkylation sites (tertiary alicyclic amines) is 1. The summed E-state index contributed by atoms with van der Waals surface area (Å²) in [6.07, 6.45) is 2.13. The number of amides is 2. The Morgan fingerprint density at radius 2 is 2.25 bits per heavy atom. The van der Waals surface area contributed by atoms with E-state index in [9.17, 15) is 9.59 Å². The topological polar surface area (TPSA) is 97.6 Å². The largest absolute Gasteiger partial charge is 0.375 e. The lowest BCUT2D eigenvalue weighted by atomic mass is 9.97. The summed E-state index contributed by atoms with van der Waals surface area (Å²) in [4.78, 5) is 30.1. The predicted octanol–water partition coefficient (Wildman–Crippen LogP) is 0.737. The fraction of sp³-hybridized carbons (Fsp3) is 0.750. The summed E-state index contributed by atoms with van der Waals surface area (Å²) in [5.74, 6) is 1.15. The molecule has 0 aromatic carbocycles. The summed E-state index contributed by atoms with van der Waals surface area (Å²) in [7, 11) is 1.49. The number of piperidine rings is 1. The second-order valence-corrected chi connectivity index (χ2v) is 6.35. The SMILES string of the molecule is COCC(=O)N1CCCC(C(=O)NCCc2nc(C(C)C)no2)C1. The molecule has 8 nitrogen and oxygen atoms in total. The summed E-state index contributed by atoms with van der Waals surface area (Å²) in [6, 6.07) is 0. The van der Waals surface area contributed by atoms with Crippen LogP contribution in [0.3, 0.4) is 0 Å². The smallest absolute Gasteiger partial charge is 0.248 e. The summed E-state index contributed by atoms with van der Waals surface area (Å²) in [6.45, 7) is 5.63. The number of rotatable bonds is 7. The van der Waals surface area contributed by atoms with Crippen molar-refractivity contribution < 1.29 is 18.8 Å². The zero-order valence-corrected chi connectivity index (χ0v) is 14.6. The molecule has 0 spiro atoms. The number of carbonyl (C=O) groups is 2. The van der Waals surface area contributed by atoms with Gasteiger partial charge in [-0.3, -0.25) is 9.59 Å². The number of hydrogen-bond donors (Lipinski definition) is 1. The van der Waals surface area contributed by atoms with Crippen LogP contribution in [0.4, 0.5) is 0 Å². The maximum absolute atomic E-state index is 12.3. The zero-order chi connectivity index (χ0) is 17.5. The number of nitrogens with zero attached hydrogens (tertiary/aromatic N) is 3.